The number of hydrogen-bond acceptors (Lipinski definition) is 4. The Morgan fingerprint density at radius 3 is 2.65 bits per heavy atom. The highest BCUT2D eigenvalue weighted by molar-refractivity contribution is 5.35. The maximum Gasteiger partial charge on any atom is 0.419 e. The number of benzene rings is 1. The van der Waals surface area contributed by atoms with Gasteiger partial charge in [-0.05, 0) is 25.1 Å². The molecule has 5 nitrogen and oxygen atoms in total. The fourth-order valence-corrected chi connectivity index (χ4v) is 1.95. The quantitative estimate of drug-likeness (QED) is 0.912. The van der Waals surface area contributed by atoms with Crippen molar-refractivity contribution in [3.63, 3.8) is 0 Å². The van der Waals surface area contributed by atoms with Crippen LogP contribution in [0.25, 0.3) is 0 Å². The third-order valence-corrected chi connectivity index (χ3v) is 3.01. The molecule has 0 bridgehead atoms. The lowest BCUT2D eigenvalue weighted by Crippen LogP contribution is -2.32. The average Bonchev–Trinajstić information content (AvgIpc) is 2.48. The number of nitrogens with zero attached hydrogens (tertiary/aromatic N) is 2. The first-order valence-electron chi connectivity index (χ1n) is 6.79. The van der Waals surface area contributed by atoms with Gasteiger partial charge in [0.15, 0.2) is 0 Å². The molecule has 1 aromatic carbocycles. The van der Waals surface area contributed by atoms with E-state index in [-0.39, 0.29) is 12.3 Å². The highest BCUT2D eigenvalue weighted by Crippen LogP contribution is 2.35. The molecule has 1 unspecified atom stereocenters. The van der Waals surface area contributed by atoms with Gasteiger partial charge >= 0.3 is 6.18 Å². The summed E-state index contributed by atoms with van der Waals surface area (Å²) < 4.78 is 44.6. The molecule has 0 aliphatic carbocycles. The molecule has 1 aromatic heterocycles. The Labute approximate surface area is 129 Å². The van der Waals surface area contributed by atoms with Gasteiger partial charge < -0.3 is 9.84 Å². The number of rotatable bonds is 5. The predicted molar refractivity (Wildman–Crippen MR) is 76.2 cm³/mol. The Hall–Kier alpha value is -2.35. The summed E-state index contributed by atoms with van der Waals surface area (Å²) in [6.07, 6.45) is -5.72. The number of aliphatic hydroxyl groups excluding tert-OH is 1. The molecule has 23 heavy (non-hydrogen) atoms. The standard InChI is InChI=1S/C15H15F3N2O3/c1-10-6-7-14(22)20(19-10)8-11(21)9-23-13-5-3-2-4-12(13)15(16,17)18/h2-7,11,21H,8-9H2,1H3. The second kappa shape index (κ2) is 6.82. The fourth-order valence-electron chi connectivity index (χ4n) is 1.95. The second-order valence-electron chi connectivity index (χ2n) is 4.95. The maximum atomic E-state index is 12.8. The molecule has 0 amide bonds. The van der Waals surface area contributed by atoms with Crippen LogP contribution in [0.5, 0.6) is 5.75 Å². The van der Waals surface area contributed by atoms with E-state index in [1.807, 2.05) is 0 Å². The lowest BCUT2D eigenvalue weighted by Gasteiger charge is -2.16. The number of para-hydroxylation sites is 1. The Balaban J connectivity index is 2.04. The summed E-state index contributed by atoms with van der Waals surface area (Å²) in [4.78, 5) is 11.6. The molecule has 0 saturated carbocycles. The largest absolute Gasteiger partial charge is 0.490 e. The van der Waals surface area contributed by atoms with E-state index < -0.39 is 30.0 Å². The number of halogens is 3. The monoisotopic (exact) mass is 328 g/mol. The summed E-state index contributed by atoms with van der Waals surface area (Å²) in [6, 6.07) is 7.56. The summed E-state index contributed by atoms with van der Waals surface area (Å²) >= 11 is 0. The molecule has 1 N–H and O–H groups in total. The number of hydrogen-bond donors (Lipinski definition) is 1. The third-order valence-electron chi connectivity index (χ3n) is 3.01. The van der Waals surface area contributed by atoms with Gasteiger partial charge in [0.05, 0.1) is 17.8 Å². The number of ether oxygens (including phenoxy) is 1. The smallest absolute Gasteiger partial charge is 0.419 e. The molecule has 2 rings (SSSR count). The van der Waals surface area contributed by atoms with Crippen LogP contribution < -0.4 is 10.3 Å². The Morgan fingerprint density at radius 1 is 1.26 bits per heavy atom. The highest BCUT2D eigenvalue weighted by atomic mass is 19.4. The van der Waals surface area contributed by atoms with Crippen molar-refractivity contribution in [3.8, 4) is 5.75 Å². The number of alkyl halides is 3. The molecular weight excluding hydrogens is 313 g/mol. The molecular formula is C15H15F3N2O3. The predicted octanol–water partition coefficient (Wildman–Crippen LogP) is 2.01. The molecule has 8 heteroatoms. The highest BCUT2D eigenvalue weighted by Gasteiger charge is 2.34. The molecule has 2 aromatic rings. The van der Waals surface area contributed by atoms with Crippen LogP contribution in [0, 0.1) is 6.92 Å². The number of aliphatic hydroxyl groups is 1. The third kappa shape index (κ3) is 4.56. The van der Waals surface area contributed by atoms with E-state index in [1.165, 1.54) is 30.3 Å². The Bertz CT molecular complexity index is 728. The minimum atomic E-state index is -4.55. The van der Waals surface area contributed by atoms with Gasteiger partial charge in [-0.15, -0.1) is 0 Å². The molecule has 1 atom stereocenters. The lowest BCUT2D eigenvalue weighted by atomic mass is 10.2. The minimum absolute atomic E-state index is 0.172. The van der Waals surface area contributed by atoms with Crippen LogP contribution in [-0.2, 0) is 12.7 Å². The van der Waals surface area contributed by atoms with Crippen LogP contribution >= 0.6 is 0 Å². The number of aryl methyl sites for hydroxylation is 1. The Kier molecular flexibility index (Phi) is 5.05. The molecule has 0 spiro atoms. The van der Waals surface area contributed by atoms with Gasteiger partial charge in [-0.25, -0.2) is 4.68 Å². The van der Waals surface area contributed by atoms with Crippen molar-refractivity contribution in [3.05, 3.63) is 58.0 Å². The van der Waals surface area contributed by atoms with Crippen LogP contribution in [0.2, 0.25) is 0 Å². The van der Waals surface area contributed by atoms with Crippen molar-refractivity contribution in [2.75, 3.05) is 6.61 Å². The summed E-state index contributed by atoms with van der Waals surface area (Å²) in [6.45, 7) is 1.11. The minimum Gasteiger partial charge on any atom is -0.490 e. The van der Waals surface area contributed by atoms with E-state index in [2.05, 4.69) is 5.10 Å². The van der Waals surface area contributed by atoms with Crippen molar-refractivity contribution < 1.29 is 23.0 Å². The topological polar surface area (TPSA) is 64.4 Å². The lowest BCUT2D eigenvalue weighted by molar-refractivity contribution is -0.139. The zero-order valence-corrected chi connectivity index (χ0v) is 12.2. The Morgan fingerprint density at radius 2 is 1.96 bits per heavy atom. The van der Waals surface area contributed by atoms with Crippen LogP contribution in [0.3, 0.4) is 0 Å². The zero-order chi connectivity index (χ0) is 17.0. The fraction of sp³-hybridized carbons (Fsp3) is 0.333. The van der Waals surface area contributed by atoms with Crippen LogP contribution in [0.1, 0.15) is 11.3 Å². The SMILES string of the molecule is Cc1ccc(=O)n(CC(O)COc2ccccc2C(F)(F)F)n1. The maximum absolute atomic E-state index is 12.8. The van der Waals surface area contributed by atoms with Crippen molar-refractivity contribution >= 4 is 0 Å². The summed E-state index contributed by atoms with van der Waals surface area (Å²) in [5.41, 5.74) is -0.747. The summed E-state index contributed by atoms with van der Waals surface area (Å²) in [5, 5.41) is 13.8. The normalized spacial score (nSPS) is 12.9. The van der Waals surface area contributed by atoms with Gasteiger partial charge in [-0.2, -0.15) is 18.3 Å². The average molecular weight is 328 g/mol. The zero-order valence-electron chi connectivity index (χ0n) is 12.2. The molecule has 0 aliphatic heterocycles. The molecule has 0 radical (unpaired) electrons. The van der Waals surface area contributed by atoms with E-state index in [1.54, 1.807) is 6.92 Å². The molecule has 0 aliphatic rings. The van der Waals surface area contributed by atoms with E-state index >= 15 is 0 Å². The van der Waals surface area contributed by atoms with Gasteiger partial charge in [0, 0.05) is 6.07 Å². The van der Waals surface area contributed by atoms with Crippen LogP contribution in [0.4, 0.5) is 13.2 Å². The molecule has 1 heterocycles. The first kappa shape index (κ1) is 17.0. The van der Waals surface area contributed by atoms with E-state index in [0.717, 1.165) is 10.7 Å². The van der Waals surface area contributed by atoms with Gasteiger partial charge in [0.1, 0.15) is 18.5 Å². The van der Waals surface area contributed by atoms with Crippen molar-refractivity contribution in [2.24, 2.45) is 0 Å². The van der Waals surface area contributed by atoms with Gasteiger partial charge in [0.2, 0.25) is 0 Å². The van der Waals surface area contributed by atoms with Gasteiger partial charge in [-0.3, -0.25) is 4.79 Å². The van der Waals surface area contributed by atoms with Gasteiger partial charge in [0.25, 0.3) is 5.56 Å². The first-order chi connectivity index (χ1) is 10.8. The molecule has 0 fully saturated rings. The van der Waals surface area contributed by atoms with Crippen molar-refractivity contribution in [2.45, 2.75) is 25.7 Å². The van der Waals surface area contributed by atoms with Crippen LogP contribution in [-0.4, -0.2) is 27.6 Å². The summed E-state index contributed by atoms with van der Waals surface area (Å²) in [5.74, 6) is -0.372. The number of aromatic nitrogens is 2. The van der Waals surface area contributed by atoms with Crippen molar-refractivity contribution in [1.82, 2.24) is 9.78 Å². The summed E-state index contributed by atoms with van der Waals surface area (Å²) in [7, 11) is 0. The first-order valence-corrected chi connectivity index (χ1v) is 6.79. The van der Waals surface area contributed by atoms with Crippen molar-refractivity contribution in [1.29, 1.82) is 0 Å². The van der Waals surface area contributed by atoms with Crippen LogP contribution in [0.15, 0.2) is 41.2 Å². The molecule has 0 saturated heterocycles. The van der Waals surface area contributed by atoms with E-state index in [0.29, 0.717) is 5.69 Å². The molecule has 124 valence electrons. The second-order valence-corrected chi connectivity index (χ2v) is 4.95. The van der Waals surface area contributed by atoms with E-state index in [9.17, 15) is 23.1 Å². The van der Waals surface area contributed by atoms with Gasteiger partial charge in [-0.1, -0.05) is 12.1 Å². The van der Waals surface area contributed by atoms with E-state index in [4.69, 9.17) is 4.74 Å².